The van der Waals surface area contributed by atoms with Crippen LogP contribution in [0.15, 0.2) is 23.0 Å². The van der Waals surface area contributed by atoms with E-state index < -0.39 is 110 Å². The van der Waals surface area contributed by atoms with Gasteiger partial charge < -0.3 is 81.6 Å². The van der Waals surface area contributed by atoms with Crippen molar-refractivity contribution in [2.45, 2.75) is 222 Å². The van der Waals surface area contributed by atoms with Crippen molar-refractivity contribution >= 4 is 0 Å². The Morgan fingerprint density at radius 3 is 1.85 bits per heavy atom. The fraction of sp³-hybridized carbons (Fsp3) is 0.917. The molecule has 0 aromatic heterocycles. The largest absolute Gasteiger partial charge is 0.491 e. The van der Waals surface area contributed by atoms with E-state index >= 15 is 0 Å². The Hall–Kier alpha value is -1.36. The molecule has 0 aromatic rings. The zero-order valence-electron chi connectivity index (χ0n) is 39.5. The molecule has 17 heteroatoms. The van der Waals surface area contributed by atoms with Gasteiger partial charge >= 0.3 is 0 Å². The first-order valence-electron chi connectivity index (χ1n) is 24.3. The normalized spacial score (nSPS) is 54.0. The van der Waals surface area contributed by atoms with Crippen molar-refractivity contribution in [2.24, 2.45) is 22.7 Å². The third-order valence-electron chi connectivity index (χ3n) is 17.2. The summed E-state index contributed by atoms with van der Waals surface area (Å²) in [4.78, 5) is 0. The quantitative estimate of drug-likeness (QED) is 0.254. The number of hydrogen-bond donors (Lipinski definition) is 3. The van der Waals surface area contributed by atoms with E-state index in [1.807, 2.05) is 20.8 Å². The van der Waals surface area contributed by atoms with E-state index in [1.165, 1.54) is 11.1 Å². The van der Waals surface area contributed by atoms with Crippen molar-refractivity contribution in [1.82, 2.24) is 0 Å². The minimum absolute atomic E-state index is 0.0405. The molecule has 65 heavy (non-hydrogen) atoms. The van der Waals surface area contributed by atoms with Gasteiger partial charge in [0.25, 0.3) is 0 Å². The van der Waals surface area contributed by atoms with Gasteiger partial charge in [0.15, 0.2) is 30.9 Å². The maximum atomic E-state index is 11.8. The topological polar surface area (TPSA) is 190 Å². The fourth-order valence-corrected chi connectivity index (χ4v) is 13.8. The van der Waals surface area contributed by atoms with E-state index in [0.29, 0.717) is 51.2 Å². The summed E-state index contributed by atoms with van der Waals surface area (Å²) in [5.41, 5.74) is 2.44. The lowest BCUT2D eigenvalue weighted by atomic mass is 9.52. The Labute approximate surface area is 382 Å². The molecule has 7 aliphatic heterocycles. The molecule has 7 saturated heterocycles. The van der Waals surface area contributed by atoms with Crippen LogP contribution in [0, 0.1) is 22.7 Å². The molecular weight excluding hydrogens is 849 g/mol. The van der Waals surface area contributed by atoms with Crippen LogP contribution in [0.25, 0.3) is 0 Å². The van der Waals surface area contributed by atoms with Gasteiger partial charge in [-0.3, -0.25) is 0 Å². The molecule has 1 spiro atoms. The average molecular weight is 923 g/mol. The number of ether oxygens (including phenoxy) is 14. The molecule has 0 unspecified atom stereocenters. The first-order chi connectivity index (χ1) is 31.1. The molecule has 0 aromatic carbocycles. The van der Waals surface area contributed by atoms with Crippen LogP contribution in [0.5, 0.6) is 0 Å². The second kappa shape index (κ2) is 18.1. The predicted octanol–water partition coefficient (Wildman–Crippen LogP) is 3.77. The van der Waals surface area contributed by atoms with E-state index in [4.69, 9.17) is 66.3 Å². The van der Waals surface area contributed by atoms with Gasteiger partial charge in [0.2, 0.25) is 0 Å². The third-order valence-corrected chi connectivity index (χ3v) is 17.2. The van der Waals surface area contributed by atoms with Crippen LogP contribution < -0.4 is 0 Å². The minimum atomic E-state index is -0.894. The molecule has 10 aliphatic rings. The Morgan fingerprint density at radius 1 is 0.646 bits per heavy atom. The molecule has 3 N–H and O–H groups in total. The zero-order valence-corrected chi connectivity index (χ0v) is 39.5. The standard InChI is InChI=1S/C48H74O17/c1-22-40(51)32(52-7)16-38(57-22)63-41-23(2)58-36(15-29(41)49)64-42-25(4)60-39(18-34(42)54-9)65-43-24(3)59-37(17-33(43)53-8)61-31-14-26-10-11-27-28(46(26,5)19-30(31)50)12-13-48-21-56-47(6)44(48)35(20-55-47)62-45(27)48/h10,22-25,28-44,49-51H,11-21H2,1-9H3/t22-,23-,24-,25+,28+,29+,30-,31-,32+,33+,34-,35-,36+,37+,38+,39+,40-,41-,42-,43-,44-,46+,47-,48+/m1/s1. The summed E-state index contributed by atoms with van der Waals surface area (Å²) >= 11 is 0. The molecule has 7 heterocycles. The molecule has 0 bridgehead atoms. The monoisotopic (exact) mass is 922 g/mol. The third kappa shape index (κ3) is 8.20. The van der Waals surface area contributed by atoms with Crippen molar-refractivity contribution in [3.63, 3.8) is 0 Å². The molecule has 10 rings (SSSR count). The van der Waals surface area contributed by atoms with Gasteiger partial charge in [-0.05, 0) is 83.6 Å². The number of allylic oxidation sites excluding steroid dienone is 2. The minimum Gasteiger partial charge on any atom is -0.491 e. The van der Waals surface area contributed by atoms with Crippen LogP contribution in [0.3, 0.4) is 0 Å². The van der Waals surface area contributed by atoms with Crippen molar-refractivity contribution in [3.05, 3.63) is 23.0 Å². The first kappa shape index (κ1) is 47.3. The number of methoxy groups -OCH3 is 3. The molecule has 24 atom stereocenters. The Kier molecular flexibility index (Phi) is 13.2. The van der Waals surface area contributed by atoms with E-state index in [0.717, 1.165) is 25.0 Å². The molecule has 17 nitrogen and oxygen atoms in total. The van der Waals surface area contributed by atoms with Gasteiger partial charge in [0.1, 0.15) is 36.3 Å². The summed E-state index contributed by atoms with van der Waals surface area (Å²) in [6.45, 7) is 13.1. The molecule has 8 fully saturated rings. The van der Waals surface area contributed by atoms with Crippen LogP contribution >= 0.6 is 0 Å². The molecule has 3 aliphatic carbocycles. The predicted molar refractivity (Wildman–Crippen MR) is 227 cm³/mol. The lowest BCUT2D eigenvalue weighted by molar-refractivity contribution is -0.347. The van der Waals surface area contributed by atoms with Gasteiger partial charge in [0.05, 0.1) is 85.6 Å². The lowest BCUT2D eigenvalue weighted by Crippen LogP contribution is -2.58. The highest BCUT2D eigenvalue weighted by molar-refractivity contribution is 5.41. The van der Waals surface area contributed by atoms with Crippen molar-refractivity contribution in [1.29, 1.82) is 0 Å². The van der Waals surface area contributed by atoms with Crippen molar-refractivity contribution in [2.75, 3.05) is 34.5 Å². The van der Waals surface area contributed by atoms with Crippen LogP contribution in [0.4, 0.5) is 0 Å². The fourth-order valence-electron chi connectivity index (χ4n) is 13.8. The van der Waals surface area contributed by atoms with E-state index in [1.54, 1.807) is 28.3 Å². The van der Waals surface area contributed by atoms with Gasteiger partial charge in [-0.25, -0.2) is 0 Å². The second-order valence-corrected chi connectivity index (χ2v) is 21.1. The van der Waals surface area contributed by atoms with E-state index in [-0.39, 0.29) is 35.4 Å². The Balaban J connectivity index is 0.725. The number of aliphatic hydroxyl groups excluding tert-OH is 3. The summed E-state index contributed by atoms with van der Waals surface area (Å²) < 4.78 is 87.6. The zero-order chi connectivity index (χ0) is 45.7. The summed E-state index contributed by atoms with van der Waals surface area (Å²) in [6.07, 6.45) is -2.24. The SMILES string of the molecule is CO[C@H]1C[C@H](O[C@H]2[C@@H](O)C[C@H](O[C@@H]3[C@H](C)O[C@@H](O[C@H]4[C@@H](OC)C[C@H](O[C@@H]5CC6=CCC7=C8O[C@@H]9CO[C@]%10(C)OC[C@@]8(CC[C@@H]7[C@@]6(C)C[C@H]5O)[C@H]9%10)O[C@@H]4C)C[C@H]3OC)O[C@@H]2C)O[C@H](C)[C@H]1O. The number of hydrogen-bond acceptors (Lipinski definition) is 17. The summed E-state index contributed by atoms with van der Waals surface area (Å²) in [5, 5.41) is 33.4. The molecule has 0 radical (unpaired) electrons. The average Bonchev–Trinajstić information content (AvgIpc) is 3.90. The smallest absolute Gasteiger partial charge is 0.173 e. The Morgan fingerprint density at radius 2 is 1.22 bits per heavy atom. The molecule has 368 valence electrons. The highest BCUT2D eigenvalue weighted by Gasteiger charge is 2.72. The van der Waals surface area contributed by atoms with Gasteiger partial charge in [-0.2, -0.15) is 0 Å². The number of aliphatic hydroxyl groups is 3. The molecule has 0 amide bonds. The highest BCUT2D eigenvalue weighted by Crippen LogP contribution is 2.69. The van der Waals surface area contributed by atoms with Crippen LogP contribution in [-0.2, 0) is 66.3 Å². The van der Waals surface area contributed by atoms with Gasteiger partial charge in [-0.1, -0.05) is 18.6 Å². The van der Waals surface area contributed by atoms with Crippen molar-refractivity contribution < 1.29 is 81.6 Å². The van der Waals surface area contributed by atoms with Crippen LogP contribution in [0.1, 0.15) is 99.3 Å². The van der Waals surface area contributed by atoms with Gasteiger partial charge in [0, 0.05) is 47.0 Å². The van der Waals surface area contributed by atoms with Crippen LogP contribution in [-0.4, -0.2) is 172 Å². The van der Waals surface area contributed by atoms with E-state index in [2.05, 4.69) is 19.9 Å². The maximum absolute atomic E-state index is 11.8. The number of fused-ring (bicyclic) bond motifs is 3. The first-order valence-corrected chi connectivity index (χ1v) is 24.3. The molecule has 1 saturated carbocycles. The van der Waals surface area contributed by atoms with Crippen molar-refractivity contribution in [3.8, 4) is 0 Å². The second-order valence-electron chi connectivity index (χ2n) is 21.1. The van der Waals surface area contributed by atoms with Gasteiger partial charge in [-0.15, -0.1) is 0 Å². The summed E-state index contributed by atoms with van der Waals surface area (Å²) in [5.74, 6) is 1.12. The number of rotatable bonds is 11. The lowest BCUT2D eigenvalue weighted by Gasteiger charge is -2.53. The Bertz CT molecular complexity index is 1770. The summed E-state index contributed by atoms with van der Waals surface area (Å²) in [6, 6.07) is 0. The summed E-state index contributed by atoms with van der Waals surface area (Å²) in [7, 11) is 4.85. The highest BCUT2D eigenvalue weighted by atomic mass is 16.8. The maximum Gasteiger partial charge on any atom is 0.173 e. The molecular formula is C48H74O17. The van der Waals surface area contributed by atoms with E-state index in [9.17, 15) is 15.3 Å². The van der Waals surface area contributed by atoms with Crippen LogP contribution in [0.2, 0.25) is 0 Å².